The highest BCUT2D eigenvalue weighted by molar-refractivity contribution is 7.98. The fourth-order valence-electron chi connectivity index (χ4n) is 1.78. The second-order valence-corrected chi connectivity index (χ2v) is 5.98. The second kappa shape index (κ2) is 8.15. The molecule has 1 heterocycles. The zero-order valence-corrected chi connectivity index (χ0v) is 13.8. The van der Waals surface area contributed by atoms with Crippen LogP contribution in [-0.4, -0.2) is 18.6 Å². The van der Waals surface area contributed by atoms with Gasteiger partial charge in [-0.15, -0.1) is 11.8 Å². The number of thioether (sulfide) groups is 1. The number of benzene rings is 1. The molecular weight excluding hydrogens is 304 g/mol. The van der Waals surface area contributed by atoms with E-state index in [1.165, 1.54) is 0 Å². The van der Waals surface area contributed by atoms with Gasteiger partial charge in [0.05, 0.1) is 17.8 Å². The molecule has 0 spiro atoms. The summed E-state index contributed by atoms with van der Waals surface area (Å²) in [6, 6.07) is 11.8. The maximum atomic E-state index is 6.23. The molecule has 1 aromatic heterocycles. The molecule has 0 saturated carbocycles. The van der Waals surface area contributed by atoms with E-state index >= 15 is 0 Å². The summed E-state index contributed by atoms with van der Waals surface area (Å²) in [4.78, 5) is 5.71. The van der Waals surface area contributed by atoms with Crippen molar-refractivity contribution in [3.05, 3.63) is 47.1 Å². The van der Waals surface area contributed by atoms with Gasteiger partial charge < -0.3 is 10.1 Å². The highest BCUT2D eigenvalue weighted by atomic mass is 35.5. The molecule has 5 heteroatoms. The number of hydrogen-bond acceptors (Lipinski definition) is 4. The topological polar surface area (TPSA) is 34.1 Å². The standard InChI is InChI=1S/C16H19ClN2OS/c1-3-9-18-16-8-7-14(17)15(19-16)11-21-13-6-4-5-12(10-13)20-2/h4-8,10H,3,9,11H2,1-2H3,(H,18,19). The van der Waals surface area contributed by atoms with Crippen LogP contribution in [0.1, 0.15) is 19.0 Å². The molecular formula is C16H19ClN2OS. The molecule has 0 aliphatic carbocycles. The van der Waals surface area contributed by atoms with Crippen molar-refractivity contribution in [2.45, 2.75) is 24.0 Å². The first kappa shape index (κ1) is 16.0. The Hall–Kier alpha value is -1.39. The number of ether oxygens (including phenoxy) is 1. The molecule has 0 aliphatic heterocycles. The van der Waals surface area contributed by atoms with Crippen LogP contribution in [0.2, 0.25) is 5.02 Å². The molecule has 112 valence electrons. The van der Waals surface area contributed by atoms with Gasteiger partial charge in [-0.1, -0.05) is 24.6 Å². The van der Waals surface area contributed by atoms with Crippen LogP contribution in [0.5, 0.6) is 5.75 Å². The van der Waals surface area contributed by atoms with E-state index in [0.717, 1.165) is 40.9 Å². The van der Waals surface area contributed by atoms with E-state index in [4.69, 9.17) is 16.3 Å². The number of nitrogens with zero attached hydrogens (tertiary/aromatic N) is 1. The Kier molecular flexibility index (Phi) is 6.21. The van der Waals surface area contributed by atoms with Gasteiger partial charge in [0, 0.05) is 17.2 Å². The zero-order chi connectivity index (χ0) is 15.1. The first-order valence-corrected chi connectivity index (χ1v) is 8.25. The Morgan fingerprint density at radius 2 is 2.14 bits per heavy atom. The Morgan fingerprint density at radius 3 is 2.90 bits per heavy atom. The monoisotopic (exact) mass is 322 g/mol. The van der Waals surface area contributed by atoms with E-state index in [0.29, 0.717) is 5.02 Å². The van der Waals surface area contributed by atoms with Crippen molar-refractivity contribution >= 4 is 29.2 Å². The van der Waals surface area contributed by atoms with Crippen LogP contribution in [0.15, 0.2) is 41.3 Å². The molecule has 0 fully saturated rings. The molecule has 0 radical (unpaired) electrons. The Bertz CT molecular complexity index is 592. The summed E-state index contributed by atoms with van der Waals surface area (Å²) in [5, 5.41) is 3.98. The van der Waals surface area contributed by atoms with E-state index in [-0.39, 0.29) is 0 Å². The summed E-state index contributed by atoms with van der Waals surface area (Å²) < 4.78 is 5.23. The first-order chi connectivity index (χ1) is 10.2. The normalized spacial score (nSPS) is 10.4. The highest BCUT2D eigenvalue weighted by Gasteiger charge is 2.06. The molecule has 0 saturated heterocycles. The SMILES string of the molecule is CCCNc1ccc(Cl)c(CSc2cccc(OC)c2)n1. The molecule has 1 aromatic carbocycles. The van der Waals surface area contributed by atoms with E-state index in [2.05, 4.69) is 23.3 Å². The molecule has 0 unspecified atom stereocenters. The summed E-state index contributed by atoms with van der Waals surface area (Å²) in [6.07, 6.45) is 1.07. The van der Waals surface area contributed by atoms with Gasteiger partial charge in [0.25, 0.3) is 0 Å². The molecule has 2 aromatic rings. The van der Waals surface area contributed by atoms with Crippen LogP contribution in [0, 0.1) is 0 Å². The van der Waals surface area contributed by atoms with Crippen LogP contribution in [0.3, 0.4) is 0 Å². The second-order valence-electron chi connectivity index (χ2n) is 4.52. The molecule has 1 N–H and O–H groups in total. The maximum Gasteiger partial charge on any atom is 0.126 e. The Morgan fingerprint density at radius 1 is 1.29 bits per heavy atom. The average Bonchev–Trinajstić information content (AvgIpc) is 2.53. The Labute approximate surface area is 135 Å². The minimum atomic E-state index is 0.701. The van der Waals surface area contributed by atoms with Gasteiger partial charge in [-0.2, -0.15) is 0 Å². The van der Waals surface area contributed by atoms with Crippen molar-refractivity contribution in [3.8, 4) is 5.75 Å². The van der Waals surface area contributed by atoms with Crippen LogP contribution >= 0.6 is 23.4 Å². The lowest BCUT2D eigenvalue weighted by Gasteiger charge is -2.09. The summed E-state index contributed by atoms with van der Waals surface area (Å²) in [5.41, 5.74) is 0.894. The van der Waals surface area contributed by atoms with E-state index in [1.807, 2.05) is 30.3 Å². The summed E-state index contributed by atoms with van der Waals surface area (Å²) in [5.74, 6) is 2.47. The fourth-order valence-corrected chi connectivity index (χ4v) is 2.93. The van der Waals surface area contributed by atoms with Crippen molar-refractivity contribution in [1.82, 2.24) is 4.98 Å². The fraction of sp³-hybridized carbons (Fsp3) is 0.312. The number of pyridine rings is 1. The highest BCUT2D eigenvalue weighted by Crippen LogP contribution is 2.28. The van der Waals surface area contributed by atoms with Gasteiger partial charge in [0.15, 0.2) is 0 Å². The smallest absolute Gasteiger partial charge is 0.126 e. The third-order valence-corrected chi connectivity index (χ3v) is 4.24. The minimum absolute atomic E-state index is 0.701. The molecule has 0 aliphatic rings. The van der Waals surface area contributed by atoms with Gasteiger partial charge in [0.1, 0.15) is 11.6 Å². The minimum Gasteiger partial charge on any atom is -0.497 e. The zero-order valence-electron chi connectivity index (χ0n) is 12.2. The molecule has 2 rings (SSSR count). The molecule has 0 amide bonds. The Balaban J connectivity index is 2.04. The number of halogens is 1. The van der Waals surface area contributed by atoms with Crippen LogP contribution in [0.4, 0.5) is 5.82 Å². The predicted molar refractivity (Wildman–Crippen MR) is 90.6 cm³/mol. The van der Waals surface area contributed by atoms with Crippen molar-refractivity contribution in [3.63, 3.8) is 0 Å². The van der Waals surface area contributed by atoms with Crippen LogP contribution in [0.25, 0.3) is 0 Å². The molecule has 3 nitrogen and oxygen atoms in total. The van der Waals surface area contributed by atoms with E-state index in [9.17, 15) is 0 Å². The van der Waals surface area contributed by atoms with Crippen molar-refractivity contribution in [2.75, 3.05) is 19.0 Å². The lowest BCUT2D eigenvalue weighted by molar-refractivity contribution is 0.413. The van der Waals surface area contributed by atoms with Crippen molar-refractivity contribution < 1.29 is 4.74 Å². The predicted octanol–water partition coefficient (Wildman–Crippen LogP) is 4.86. The van der Waals surface area contributed by atoms with E-state index < -0.39 is 0 Å². The lowest BCUT2D eigenvalue weighted by atomic mass is 10.3. The number of hydrogen-bond donors (Lipinski definition) is 1. The lowest BCUT2D eigenvalue weighted by Crippen LogP contribution is -2.03. The van der Waals surface area contributed by atoms with E-state index in [1.54, 1.807) is 18.9 Å². The number of rotatable bonds is 7. The third-order valence-electron chi connectivity index (χ3n) is 2.89. The van der Waals surface area contributed by atoms with Gasteiger partial charge in [-0.05, 0) is 36.8 Å². The quantitative estimate of drug-likeness (QED) is 0.738. The summed E-state index contributed by atoms with van der Waals surface area (Å²) >= 11 is 7.92. The number of nitrogens with one attached hydrogen (secondary N) is 1. The third kappa shape index (κ3) is 4.83. The number of anilines is 1. The van der Waals surface area contributed by atoms with Gasteiger partial charge in [0.2, 0.25) is 0 Å². The van der Waals surface area contributed by atoms with Gasteiger partial charge in [-0.3, -0.25) is 0 Å². The van der Waals surface area contributed by atoms with Crippen LogP contribution < -0.4 is 10.1 Å². The molecule has 21 heavy (non-hydrogen) atoms. The van der Waals surface area contributed by atoms with Crippen molar-refractivity contribution in [1.29, 1.82) is 0 Å². The van der Waals surface area contributed by atoms with Gasteiger partial charge in [-0.25, -0.2) is 4.98 Å². The average molecular weight is 323 g/mol. The van der Waals surface area contributed by atoms with Gasteiger partial charge >= 0.3 is 0 Å². The number of aromatic nitrogens is 1. The summed E-state index contributed by atoms with van der Waals surface area (Å²) in [7, 11) is 1.67. The molecule has 0 atom stereocenters. The first-order valence-electron chi connectivity index (χ1n) is 6.89. The maximum absolute atomic E-state index is 6.23. The largest absolute Gasteiger partial charge is 0.497 e. The summed E-state index contributed by atoms with van der Waals surface area (Å²) in [6.45, 7) is 3.04. The van der Waals surface area contributed by atoms with Crippen LogP contribution in [-0.2, 0) is 5.75 Å². The van der Waals surface area contributed by atoms with Crippen molar-refractivity contribution in [2.24, 2.45) is 0 Å². The molecule has 0 bridgehead atoms. The number of methoxy groups -OCH3 is 1.